The molecule has 7 nitrogen and oxygen atoms in total. The Morgan fingerprint density at radius 2 is 1.67 bits per heavy atom. The summed E-state index contributed by atoms with van der Waals surface area (Å²) in [4.78, 5) is 28.3. The van der Waals surface area contributed by atoms with Crippen LogP contribution in [0, 0.1) is 17.6 Å². The first-order chi connectivity index (χ1) is 20.7. The summed E-state index contributed by atoms with van der Waals surface area (Å²) >= 11 is 0. The van der Waals surface area contributed by atoms with Gasteiger partial charge in [-0.3, -0.25) is 14.5 Å². The average molecular weight is 593 g/mol. The lowest BCUT2D eigenvalue weighted by Crippen LogP contribution is -2.35. The molecule has 2 heterocycles. The number of hydrogen-bond donors (Lipinski definition) is 2. The van der Waals surface area contributed by atoms with E-state index in [1.807, 2.05) is 43.0 Å². The first kappa shape index (κ1) is 30.5. The van der Waals surface area contributed by atoms with Crippen molar-refractivity contribution in [1.82, 2.24) is 4.90 Å². The molecule has 0 aliphatic carbocycles. The molecule has 0 bridgehead atoms. The van der Waals surface area contributed by atoms with Crippen LogP contribution in [0.2, 0.25) is 0 Å². The maximum atomic E-state index is 15.0. The minimum atomic E-state index is -1.04. The second-order valence-corrected chi connectivity index (χ2v) is 11.3. The predicted octanol–water partition coefficient (Wildman–Crippen LogP) is 6.64. The van der Waals surface area contributed by atoms with E-state index in [1.54, 1.807) is 6.07 Å². The van der Waals surface area contributed by atoms with Gasteiger partial charge in [-0.05, 0) is 77.8 Å². The summed E-state index contributed by atoms with van der Waals surface area (Å²) in [7, 11) is 0. The van der Waals surface area contributed by atoms with E-state index in [4.69, 9.17) is 9.47 Å². The van der Waals surface area contributed by atoms with Crippen LogP contribution in [0.25, 0.3) is 0 Å². The van der Waals surface area contributed by atoms with Crippen molar-refractivity contribution < 1.29 is 33.0 Å². The van der Waals surface area contributed by atoms with Gasteiger partial charge in [0.15, 0.2) is 11.6 Å². The predicted molar refractivity (Wildman–Crippen MR) is 160 cm³/mol. The Bertz CT molecular complexity index is 1470. The molecule has 2 aliphatic rings. The number of likely N-dealkylation sites (tertiary alicyclic amines) is 1. The highest BCUT2D eigenvalue weighted by Gasteiger charge is 2.48. The van der Waals surface area contributed by atoms with Gasteiger partial charge in [0.1, 0.15) is 5.82 Å². The van der Waals surface area contributed by atoms with Crippen LogP contribution >= 0.6 is 0 Å². The Balaban J connectivity index is 1.50. The van der Waals surface area contributed by atoms with Crippen LogP contribution < -0.4 is 14.8 Å². The van der Waals surface area contributed by atoms with Crippen molar-refractivity contribution in [3.8, 4) is 11.5 Å². The topological polar surface area (TPSA) is 88.1 Å². The molecule has 9 heteroatoms. The number of hydrogen-bond acceptors (Lipinski definition) is 5. The number of nitrogens with one attached hydrogen (secondary N) is 1. The third-order valence-corrected chi connectivity index (χ3v) is 8.54. The number of carbonyl (C=O) groups excluding carboxylic acids is 1. The number of carboxylic acids is 1. The number of carboxylic acid groups (broad SMARTS) is 1. The van der Waals surface area contributed by atoms with Crippen LogP contribution in [0.1, 0.15) is 73.4 Å². The molecule has 2 aliphatic heterocycles. The highest BCUT2D eigenvalue weighted by atomic mass is 19.1. The van der Waals surface area contributed by atoms with Gasteiger partial charge in [-0.1, -0.05) is 51.5 Å². The van der Waals surface area contributed by atoms with Crippen molar-refractivity contribution in [2.75, 3.05) is 25.2 Å². The summed E-state index contributed by atoms with van der Waals surface area (Å²) in [6, 6.07) is 13.0. The SMILES string of the molecule is CCCCc1ccc([C@H]2C(C(=O)O)[C@@H](c3cc(F)c4c(c3)OCO4)CN2CC(=O)Nc2c(CC)cc(F)cc2CC)cc1. The Labute approximate surface area is 250 Å². The second-order valence-electron chi connectivity index (χ2n) is 11.3. The van der Waals surface area contributed by atoms with Crippen molar-refractivity contribution >= 4 is 17.6 Å². The molecule has 1 saturated heterocycles. The van der Waals surface area contributed by atoms with Gasteiger partial charge >= 0.3 is 5.97 Å². The minimum Gasteiger partial charge on any atom is -0.481 e. The number of benzene rings is 3. The number of unbranched alkanes of at least 4 members (excludes halogenated alkanes) is 1. The van der Waals surface area contributed by atoms with E-state index < -0.39 is 29.7 Å². The van der Waals surface area contributed by atoms with Gasteiger partial charge in [-0.15, -0.1) is 0 Å². The lowest BCUT2D eigenvalue weighted by molar-refractivity contribution is -0.143. The Kier molecular flexibility index (Phi) is 9.30. The molecule has 0 spiro atoms. The van der Waals surface area contributed by atoms with Gasteiger partial charge in [0, 0.05) is 24.2 Å². The third kappa shape index (κ3) is 6.37. The highest BCUT2D eigenvalue weighted by molar-refractivity contribution is 5.94. The molecule has 228 valence electrons. The molecule has 1 fully saturated rings. The van der Waals surface area contributed by atoms with Crippen LogP contribution in [0.15, 0.2) is 48.5 Å². The van der Waals surface area contributed by atoms with Gasteiger partial charge in [0.2, 0.25) is 18.4 Å². The fourth-order valence-electron chi connectivity index (χ4n) is 6.40. The van der Waals surface area contributed by atoms with E-state index in [0.29, 0.717) is 35.2 Å². The number of amides is 1. The molecule has 1 unspecified atom stereocenters. The number of halogens is 2. The minimum absolute atomic E-state index is 0.0156. The van der Waals surface area contributed by atoms with Crippen molar-refractivity contribution in [1.29, 1.82) is 0 Å². The van der Waals surface area contributed by atoms with E-state index in [-0.39, 0.29) is 43.1 Å². The zero-order chi connectivity index (χ0) is 30.7. The van der Waals surface area contributed by atoms with Crippen molar-refractivity contribution in [2.24, 2.45) is 5.92 Å². The molecule has 0 radical (unpaired) electrons. The molecule has 5 rings (SSSR count). The van der Waals surface area contributed by atoms with Crippen LogP contribution in [0.3, 0.4) is 0 Å². The average Bonchev–Trinajstić information content (AvgIpc) is 3.62. The van der Waals surface area contributed by atoms with Crippen molar-refractivity contribution in [3.63, 3.8) is 0 Å². The Morgan fingerprint density at radius 3 is 2.30 bits per heavy atom. The summed E-state index contributed by atoms with van der Waals surface area (Å²) in [5.41, 5.74) is 4.39. The van der Waals surface area contributed by atoms with E-state index in [2.05, 4.69) is 12.2 Å². The van der Waals surface area contributed by atoms with Gasteiger partial charge in [0.05, 0.1) is 12.5 Å². The lowest BCUT2D eigenvalue weighted by atomic mass is 9.82. The number of rotatable bonds is 11. The standard InChI is InChI=1S/C34H38F2N2O5/c1-4-7-8-20-9-11-23(12-10-20)32-30(34(40)41)26(24-15-27(36)33-28(16-24)42-19-43-33)17-38(32)18-29(39)37-31-21(5-2)13-25(35)14-22(31)6-3/h9-16,26,30,32H,4-8,17-19H2,1-3H3,(H,37,39)(H,40,41)/t26-,30?,32+/m1/s1. The number of fused-ring (bicyclic) bond motifs is 1. The van der Waals surface area contributed by atoms with E-state index >= 15 is 0 Å². The summed E-state index contributed by atoms with van der Waals surface area (Å²) in [5.74, 6) is -3.66. The van der Waals surface area contributed by atoms with Crippen LogP contribution in [-0.4, -0.2) is 41.8 Å². The fourth-order valence-corrected chi connectivity index (χ4v) is 6.40. The molecule has 3 aromatic carbocycles. The number of aryl methyl sites for hydroxylation is 3. The zero-order valence-electron chi connectivity index (χ0n) is 24.8. The number of anilines is 1. The van der Waals surface area contributed by atoms with Crippen LogP contribution in [-0.2, 0) is 28.9 Å². The molecule has 1 amide bonds. The van der Waals surface area contributed by atoms with Gasteiger partial charge in [-0.25, -0.2) is 8.78 Å². The van der Waals surface area contributed by atoms with Crippen molar-refractivity contribution in [3.05, 3.63) is 88.0 Å². The third-order valence-electron chi connectivity index (χ3n) is 8.54. The molecule has 0 aromatic heterocycles. The van der Waals surface area contributed by atoms with Gasteiger partial charge in [0.25, 0.3) is 0 Å². The smallest absolute Gasteiger partial charge is 0.309 e. The highest BCUT2D eigenvalue weighted by Crippen LogP contribution is 2.48. The lowest BCUT2D eigenvalue weighted by Gasteiger charge is -2.27. The number of aliphatic carboxylic acids is 1. The fraction of sp³-hybridized carbons (Fsp3) is 0.412. The van der Waals surface area contributed by atoms with Crippen LogP contribution in [0.4, 0.5) is 14.5 Å². The largest absolute Gasteiger partial charge is 0.481 e. The maximum absolute atomic E-state index is 15.0. The van der Waals surface area contributed by atoms with Gasteiger partial charge in [-0.2, -0.15) is 0 Å². The monoisotopic (exact) mass is 592 g/mol. The van der Waals surface area contributed by atoms with E-state index in [0.717, 1.165) is 30.4 Å². The second kappa shape index (κ2) is 13.1. The maximum Gasteiger partial charge on any atom is 0.309 e. The quantitative estimate of drug-likeness (QED) is 0.260. The molecule has 3 aromatic rings. The summed E-state index contributed by atoms with van der Waals surface area (Å²) in [5, 5.41) is 13.5. The normalized spacial score (nSPS) is 19.5. The molecule has 2 N–H and O–H groups in total. The Morgan fingerprint density at radius 1 is 0.977 bits per heavy atom. The summed E-state index contributed by atoms with van der Waals surface area (Å²) < 4.78 is 39.8. The van der Waals surface area contributed by atoms with E-state index in [9.17, 15) is 23.5 Å². The number of carbonyl (C=O) groups is 2. The zero-order valence-corrected chi connectivity index (χ0v) is 24.8. The number of nitrogens with zero attached hydrogens (tertiary/aromatic N) is 1. The molecular weight excluding hydrogens is 554 g/mol. The van der Waals surface area contributed by atoms with Crippen LogP contribution in [0.5, 0.6) is 11.5 Å². The summed E-state index contributed by atoms with van der Waals surface area (Å²) in [6.07, 6.45) is 4.11. The molecular formula is C34H38F2N2O5. The molecule has 0 saturated carbocycles. The Hall–Kier alpha value is -3.98. The van der Waals surface area contributed by atoms with Crippen molar-refractivity contribution in [2.45, 2.75) is 64.8 Å². The first-order valence-corrected chi connectivity index (χ1v) is 15.0. The van der Waals surface area contributed by atoms with Gasteiger partial charge < -0.3 is 19.9 Å². The van der Waals surface area contributed by atoms with E-state index in [1.165, 1.54) is 18.2 Å². The number of ether oxygens (including phenoxy) is 2. The molecule has 3 atom stereocenters. The first-order valence-electron chi connectivity index (χ1n) is 15.0. The summed E-state index contributed by atoms with van der Waals surface area (Å²) in [6.45, 7) is 5.93. The molecule has 43 heavy (non-hydrogen) atoms.